The molecule has 0 fully saturated rings. The number of nitro groups is 1. The minimum Gasteiger partial charge on any atom is -0.477 e. The van der Waals surface area contributed by atoms with Gasteiger partial charge in [0.15, 0.2) is 12.4 Å². The molecule has 0 aliphatic heterocycles. The number of carbonyl (C=O) groups excluding carboxylic acids is 1. The number of nitro benzene ring substituents is 1. The second kappa shape index (κ2) is 7.04. The van der Waals surface area contributed by atoms with Crippen LogP contribution in [0.15, 0.2) is 42.5 Å². The molecule has 0 radical (unpaired) electrons. The maximum atomic E-state index is 11.9. The molecule has 0 spiro atoms. The van der Waals surface area contributed by atoms with Crippen LogP contribution in [0.4, 0.5) is 11.4 Å². The van der Waals surface area contributed by atoms with E-state index in [1.807, 2.05) is 6.07 Å². The zero-order valence-electron chi connectivity index (χ0n) is 12.3. The van der Waals surface area contributed by atoms with Crippen molar-refractivity contribution in [2.24, 2.45) is 0 Å². The molecule has 0 aromatic heterocycles. The number of nitriles is 1. The van der Waals surface area contributed by atoms with Crippen LogP contribution in [0.2, 0.25) is 0 Å². The van der Waals surface area contributed by atoms with Crippen LogP contribution in [0.3, 0.4) is 0 Å². The number of nitrogens with one attached hydrogen (secondary N) is 1. The van der Waals surface area contributed by atoms with Crippen molar-refractivity contribution in [1.82, 2.24) is 0 Å². The average molecular weight is 311 g/mol. The molecule has 0 atom stereocenters. The third-order valence-corrected chi connectivity index (χ3v) is 2.95. The largest absolute Gasteiger partial charge is 0.477 e. The number of benzene rings is 2. The molecule has 2 aromatic carbocycles. The first-order chi connectivity index (χ1) is 11.0. The van der Waals surface area contributed by atoms with E-state index in [1.165, 1.54) is 18.2 Å². The highest BCUT2D eigenvalue weighted by atomic mass is 16.6. The highest BCUT2D eigenvalue weighted by molar-refractivity contribution is 5.92. The van der Waals surface area contributed by atoms with E-state index in [0.717, 1.165) is 5.56 Å². The van der Waals surface area contributed by atoms with Crippen LogP contribution in [0.25, 0.3) is 0 Å². The first-order valence-electron chi connectivity index (χ1n) is 6.67. The number of nitrogens with zero attached hydrogens (tertiary/aromatic N) is 2. The standard InChI is InChI=1S/C16H13N3O4/c1-11-5-6-14(19(21)22)15(7-11)23-10-16(20)18-13-4-2-3-12(8-13)9-17/h2-8H,10H2,1H3,(H,18,20). The Morgan fingerprint density at radius 1 is 1.35 bits per heavy atom. The van der Waals surface area contributed by atoms with E-state index in [2.05, 4.69) is 5.32 Å². The van der Waals surface area contributed by atoms with E-state index in [4.69, 9.17) is 10.00 Å². The van der Waals surface area contributed by atoms with Crippen molar-refractivity contribution in [3.05, 3.63) is 63.7 Å². The third kappa shape index (κ3) is 4.28. The Labute approximate surface area is 132 Å². The molecule has 116 valence electrons. The van der Waals surface area contributed by atoms with Gasteiger partial charge in [-0.3, -0.25) is 14.9 Å². The fraction of sp³-hybridized carbons (Fsp3) is 0.125. The van der Waals surface area contributed by atoms with Crippen LogP contribution in [0.5, 0.6) is 5.75 Å². The Hall–Kier alpha value is -3.40. The summed E-state index contributed by atoms with van der Waals surface area (Å²) in [4.78, 5) is 22.2. The summed E-state index contributed by atoms with van der Waals surface area (Å²) in [7, 11) is 0. The van der Waals surface area contributed by atoms with Crippen molar-refractivity contribution in [2.75, 3.05) is 11.9 Å². The second-order valence-electron chi connectivity index (χ2n) is 4.76. The van der Waals surface area contributed by atoms with Crippen molar-refractivity contribution in [1.29, 1.82) is 5.26 Å². The SMILES string of the molecule is Cc1ccc([N+](=O)[O-])c(OCC(=O)Nc2cccc(C#N)c2)c1. The molecule has 0 bridgehead atoms. The molecule has 0 saturated carbocycles. The van der Waals surface area contributed by atoms with E-state index >= 15 is 0 Å². The van der Waals surface area contributed by atoms with Gasteiger partial charge in [-0.2, -0.15) is 5.26 Å². The molecule has 7 nitrogen and oxygen atoms in total. The van der Waals surface area contributed by atoms with Crippen molar-refractivity contribution in [2.45, 2.75) is 6.92 Å². The number of hydrogen-bond donors (Lipinski definition) is 1. The van der Waals surface area contributed by atoms with Gasteiger partial charge in [0.05, 0.1) is 16.6 Å². The lowest BCUT2D eigenvalue weighted by atomic mass is 10.2. The number of aryl methyl sites for hydroxylation is 1. The Morgan fingerprint density at radius 2 is 2.13 bits per heavy atom. The maximum Gasteiger partial charge on any atom is 0.310 e. The Morgan fingerprint density at radius 3 is 2.83 bits per heavy atom. The Balaban J connectivity index is 2.03. The van der Waals surface area contributed by atoms with Crippen LogP contribution >= 0.6 is 0 Å². The third-order valence-electron chi connectivity index (χ3n) is 2.95. The molecule has 1 amide bonds. The topological polar surface area (TPSA) is 105 Å². The van der Waals surface area contributed by atoms with Gasteiger partial charge in [-0.1, -0.05) is 12.1 Å². The van der Waals surface area contributed by atoms with Crippen molar-refractivity contribution in [3.63, 3.8) is 0 Å². The summed E-state index contributed by atoms with van der Waals surface area (Å²) in [6, 6.07) is 12.8. The molecule has 0 unspecified atom stereocenters. The normalized spacial score (nSPS) is 9.74. The number of amides is 1. The second-order valence-corrected chi connectivity index (χ2v) is 4.76. The van der Waals surface area contributed by atoms with E-state index in [1.54, 1.807) is 31.2 Å². The quantitative estimate of drug-likeness (QED) is 0.675. The number of ether oxygens (including phenoxy) is 1. The molecule has 2 aromatic rings. The van der Waals surface area contributed by atoms with Crippen LogP contribution in [0.1, 0.15) is 11.1 Å². The molecule has 0 saturated heterocycles. The number of anilines is 1. The molecular weight excluding hydrogens is 298 g/mol. The summed E-state index contributed by atoms with van der Waals surface area (Å²) in [5, 5.41) is 22.3. The van der Waals surface area contributed by atoms with E-state index < -0.39 is 10.8 Å². The lowest BCUT2D eigenvalue weighted by Gasteiger charge is -2.08. The zero-order valence-corrected chi connectivity index (χ0v) is 12.3. The average Bonchev–Trinajstić information content (AvgIpc) is 2.53. The summed E-state index contributed by atoms with van der Waals surface area (Å²) >= 11 is 0. The van der Waals surface area contributed by atoms with Gasteiger partial charge in [0.1, 0.15) is 0 Å². The summed E-state index contributed by atoms with van der Waals surface area (Å²) in [6.45, 7) is 1.39. The molecule has 2 rings (SSSR count). The van der Waals surface area contributed by atoms with Crippen LogP contribution in [-0.2, 0) is 4.79 Å². The van der Waals surface area contributed by atoms with E-state index in [9.17, 15) is 14.9 Å². The summed E-state index contributed by atoms with van der Waals surface area (Å²) in [5.74, 6) is -0.438. The molecular formula is C16H13N3O4. The van der Waals surface area contributed by atoms with E-state index in [-0.39, 0.29) is 18.0 Å². The predicted molar refractivity (Wildman–Crippen MR) is 83.1 cm³/mol. The molecule has 0 aliphatic carbocycles. The number of hydrogen-bond acceptors (Lipinski definition) is 5. The number of rotatable bonds is 5. The minimum absolute atomic E-state index is 0.0379. The van der Waals surface area contributed by atoms with Gasteiger partial charge in [0.25, 0.3) is 5.91 Å². The van der Waals surface area contributed by atoms with Crippen LogP contribution < -0.4 is 10.1 Å². The maximum absolute atomic E-state index is 11.9. The fourth-order valence-electron chi connectivity index (χ4n) is 1.89. The van der Waals surface area contributed by atoms with Gasteiger partial charge < -0.3 is 10.1 Å². The van der Waals surface area contributed by atoms with Gasteiger partial charge in [-0.15, -0.1) is 0 Å². The highest BCUT2D eigenvalue weighted by Gasteiger charge is 2.16. The number of carbonyl (C=O) groups is 1. The van der Waals surface area contributed by atoms with Crippen molar-refractivity contribution < 1.29 is 14.5 Å². The molecule has 23 heavy (non-hydrogen) atoms. The smallest absolute Gasteiger partial charge is 0.310 e. The highest BCUT2D eigenvalue weighted by Crippen LogP contribution is 2.27. The first-order valence-corrected chi connectivity index (χ1v) is 6.67. The fourth-order valence-corrected chi connectivity index (χ4v) is 1.89. The molecule has 0 heterocycles. The van der Waals surface area contributed by atoms with Crippen molar-refractivity contribution in [3.8, 4) is 11.8 Å². The monoisotopic (exact) mass is 311 g/mol. The van der Waals surface area contributed by atoms with Gasteiger partial charge in [-0.05, 0) is 36.8 Å². The van der Waals surface area contributed by atoms with Crippen LogP contribution in [0, 0.1) is 28.4 Å². The van der Waals surface area contributed by atoms with Gasteiger partial charge in [0, 0.05) is 11.8 Å². The van der Waals surface area contributed by atoms with Crippen molar-refractivity contribution >= 4 is 17.3 Å². The minimum atomic E-state index is -0.566. The summed E-state index contributed by atoms with van der Waals surface area (Å²) in [6.07, 6.45) is 0. The molecule has 7 heteroatoms. The van der Waals surface area contributed by atoms with Gasteiger partial charge in [0.2, 0.25) is 0 Å². The van der Waals surface area contributed by atoms with Gasteiger partial charge >= 0.3 is 5.69 Å². The Kier molecular flexibility index (Phi) is 4.89. The zero-order chi connectivity index (χ0) is 16.8. The first kappa shape index (κ1) is 16.0. The molecule has 1 N–H and O–H groups in total. The van der Waals surface area contributed by atoms with Crippen LogP contribution in [-0.4, -0.2) is 17.4 Å². The lowest BCUT2D eigenvalue weighted by molar-refractivity contribution is -0.385. The summed E-state index contributed by atoms with van der Waals surface area (Å²) < 4.78 is 5.25. The lowest BCUT2D eigenvalue weighted by Crippen LogP contribution is -2.20. The predicted octanol–water partition coefficient (Wildman–Crippen LogP) is 2.79. The van der Waals surface area contributed by atoms with Gasteiger partial charge in [-0.25, -0.2) is 0 Å². The molecule has 0 aliphatic rings. The van der Waals surface area contributed by atoms with E-state index in [0.29, 0.717) is 11.3 Å². The Bertz CT molecular complexity index is 796. The summed E-state index contributed by atoms with van der Waals surface area (Å²) in [5.41, 5.74) is 1.46.